The van der Waals surface area contributed by atoms with Gasteiger partial charge in [0.25, 0.3) is 0 Å². The molecular formula is C24H31N5O2Si. The second kappa shape index (κ2) is 9.64. The fraction of sp³-hybridized carbons (Fsp3) is 0.417. The van der Waals surface area contributed by atoms with E-state index in [1.807, 2.05) is 30.6 Å². The van der Waals surface area contributed by atoms with E-state index >= 15 is 0 Å². The van der Waals surface area contributed by atoms with Crippen LogP contribution in [0.4, 0.5) is 5.69 Å². The molecule has 0 amide bonds. The molecule has 0 aliphatic heterocycles. The lowest BCUT2D eigenvalue weighted by atomic mass is 9.97. The fourth-order valence-corrected chi connectivity index (χ4v) is 4.35. The first-order chi connectivity index (χ1) is 15.4. The number of hydrogen-bond donors (Lipinski definition) is 1. The maximum Gasteiger partial charge on any atom is 0.310 e. The topological polar surface area (TPSA) is 81.9 Å². The van der Waals surface area contributed by atoms with Crippen molar-refractivity contribution in [3.63, 3.8) is 0 Å². The van der Waals surface area contributed by atoms with Crippen LogP contribution in [0.3, 0.4) is 0 Å². The van der Waals surface area contributed by atoms with Gasteiger partial charge in [0.15, 0.2) is 0 Å². The van der Waals surface area contributed by atoms with E-state index < -0.39 is 8.07 Å². The van der Waals surface area contributed by atoms with Gasteiger partial charge in [-0.2, -0.15) is 0 Å². The summed E-state index contributed by atoms with van der Waals surface area (Å²) in [5, 5.41) is 8.90. The van der Waals surface area contributed by atoms with Crippen molar-refractivity contribution < 1.29 is 4.84 Å². The van der Waals surface area contributed by atoms with Crippen LogP contribution in [0, 0.1) is 0 Å². The van der Waals surface area contributed by atoms with Crippen LogP contribution in [-0.4, -0.2) is 34.6 Å². The van der Waals surface area contributed by atoms with E-state index in [-0.39, 0.29) is 5.56 Å². The third kappa shape index (κ3) is 5.62. The Hall–Kier alpha value is -3.00. The molecule has 1 N–H and O–H groups in total. The lowest BCUT2D eigenvalue weighted by Crippen LogP contribution is -2.32. The van der Waals surface area contributed by atoms with E-state index in [2.05, 4.69) is 46.1 Å². The summed E-state index contributed by atoms with van der Waals surface area (Å²) in [5.41, 5.74) is 3.82. The van der Waals surface area contributed by atoms with Crippen LogP contribution in [0.25, 0.3) is 16.3 Å². The van der Waals surface area contributed by atoms with Crippen LogP contribution < -0.4 is 15.7 Å². The minimum atomic E-state index is -1.23. The van der Waals surface area contributed by atoms with Crippen LogP contribution in [0.2, 0.25) is 25.7 Å². The van der Waals surface area contributed by atoms with Gasteiger partial charge in [0.05, 0.1) is 41.9 Å². The van der Waals surface area contributed by atoms with Crippen LogP contribution in [0.5, 0.6) is 0 Å². The van der Waals surface area contributed by atoms with Crippen molar-refractivity contribution >= 4 is 30.1 Å². The van der Waals surface area contributed by atoms with Gasteiger partial charge in [0.2, 0.25) is 0 Å². The maximum atomic E-state index is 12.7. The van der Waals surface area contributed by atoms with E-state index in [1.165, 1.54) is 18.4 Å². The number of nitrogens with zero attached hydrogens (tertiary/aromatic N) is 4. The molecule has 0 radical (unpaired) electrons. The highest BCUT2D eigenvalue weighted by atomic mass is 28.3. The van der Waals surface area contributed by atoms with E-state index in [9.17, 15) is 4.79 Å². The summed E-state index contributed by atoms with van der Waals surface area (Å²) in [5.74, 6) is 0. The summed E-state index contributed by atoms with van der Waals surface area (Å²) in [7, 11) is -1.23. The second-order valence-electron chi connectivity index (χ2n) is 9.49. The number of hydrogen-bond acceptors (Lipinski definition) is 6. The number of allylic oxidation sites excluding steroid dienone is 2. The molecule has 3 aromatic rings. The van der Waals surface area contributed by atoms with Crippen molar-refractivity contribution in [2.45, 2.75) is 57.9 Å². The fourth-order valence-electron chi connectivity index (χ4n) is 3.65. The molecule has 168 valence electrons. The third-order valence-electron chi connectivity index (χ3n) is 5.62. The lowest BCUT2D eigenvalue weighted by molar-refractivity contribution is 0.0824. The van der Waals surface area contributed by atoms with E-state index in [1.54, 1.807) is 6.20 Å². The molecule has 1 aromatic carbocycles. The van der Waals surface area contributed by atoms with Crippen molar-refractivity contribution in [2.24, 2.45) is 0 Å². The van der Waals surface area contributed by atoms with Crippen LogP contribution in [-0.2, 0) is 6.54 Å². The molecule has 0 unspecified atom stereocenters. The quantitative estimate of drug-likeness (QED) is 0.509. The van der Waals surface area contributed by atoms with Crippen molar-refractivity contribution in [1.82, 2.24) is 19.9 Å². The molecule has 2 aromatic heterocycles. The van der Waals surface area contributed by atoms with Gasteiger partial charge in [-0.25, -0.2) is 0 Å². The monoisotopic (exact) mass is 449 g/mol. The average Bonchev–Trinajstić information content (AvgIpc) is 2.79. The summed E-state index contributed by atoms with van der Waals surface area (Å²) in [4.78, 5) is 28.5. The Morgan fingerprint density at radius 3 is 2.72 bits per heavy atom. The molecule has 1 aliphatic carbocycles. The first kappa shape index (κ1) is 22.2. The summed E-state index contributed by atoms with van der Waals surface area (Å²) >= 11 is 0. The standard InChI is InChI=1S/C24H31N5O2Si/c1-32(2,3)12-11-31-29-24(30)22-10-9-20(13-19(22)14-28-29)25-15-21-16-27-23(17-26-21)18-7-5-4-6-8-18/h7,9-10,13-14,16-17,25H,4-6,8,11-12,15H2,1-3H3. The SMILES string of the molecule is C[Si](C)(C)CCOn1ncc2cc(NCc3cnc(C4=CCCCC4)cn3)ccc2c1=O. The second-order valence-corrected chi connectivity index (χ2v) is 15.1. The third-order valence-corrected chi connectivity index (χ3v) is 7.33. The van der Waals surface area contributed by atoms with Crippen LogP contribution in [0.1, 0.15) is 37.1 Å². The van der Waals surface area contributed by atoms with E-state index in [4.69, 9.17) is 4.84 Å². The van der Waals surface area contributed by atoms with Gasteiger partial charge in [0, 0.05) is 19.1 Å². The predicted molar refractivity (Wildman–Crippen MR) is 131 cm³/mol. The Labute approximate surface area is 189 Å². The summed E-state index contributed by atoms with van der Waals surface area (Å²) in [6, 6.07) is 6.60. The zero-order valence-electron chi connectivity index (χ0n) is 19.1. The molecular weight excluding hydrogens is 418 g/mol. The predicted octanol–water partition coefficient (Wildman–Crippen LogP) is 4.52. The van der Waals surface area contributed by atoms with Gasteiger partial charge < -0.3 is 10.2 Å². The number of aromatic nitrogens is 4. The summed E-state index contributed by atoms with van der Waals surface area (Å²) in [6.07, 6.45) is 12.3. The first-order valence-electron chi connectivity index (χ1n) is 11.3. The normalized spacial score (nSPS) is 14.3. The van der Waals surface area contributed by atoms with Crippen molar-refractivity contribution in [1.29, 1.82) is 0 Å². The molecule has 0 atom stereocenters. The van der Waals surface area contributed by atoms with Gasteiger partial charge in [-0.05, 0) is 55.5 Å². The van der Waals surface area contributed by atoms with Crippen molar-refractivity contribution in [3.05, 3.63) is 64.6 Å². The number of nitrogens with one attached hydrogen (secondary N) is 1. The molecule has 0 bridgehead atoms. The van der Waals surface area contributed by atoms with Crippen molar-refractivity contribution in [3.8, 4) is 0 Å². The Bertz CT molecular complexity index is 1170. The van der Waals surface area contributed by atoms with Gasteiger partial charge in [-0.3, -0.25) is 14.8 Å². The molecule has 7 nitrogen and oxygen atoms in total. The van der Waals surface area contributed by atoms with Crippen LogP contribution >= 0.6 is 0 Å². The highest BCUT2D eigenvalue weighted by Crippen LogP contribution is 2.24. The molecule has 32 heavy (non-hydrogen) atoms. The number of benzene rings is 1. The molecule has 1 aliphatic rings. The van der Waals surface area contributed by atoms with Gasteiger partial charge >= 0.3 is 5.56 Å². The molecule has 4 rings (SSSR count). The Balaban J connectivity index is 1.40. The average molecular weight is 450 g/mol. The highest BCUT2D eigenvalue weighted by molar-refractivity contribution is 6.76. The molecule has 2 heterocycles. The summed E-state index contributed by atoms with van der Waals surface area (Å²) < 4.78 is 0. The summed E-state index contributed by atoms with van der Waals surface area (Å²) in [6.45, 7) is 7.88. The lowest BCUT2D eigenvalue weighted by Gasteiger charge is -2.15. The highest BCUT2D eigenvalue weighted by Gasteiger charge is 2.14. The zero-order valence-corrected chi connectivity index (χ0v) is 20.1. The number of fused-ring (bicyclic) bond motifs is 1. The van der Waals surface area contributed by atoms with E-state index in [0.29, 0.717) is 18.5 Å². The minimum Gasteiger partial charge on any atom is -0.394 e. The molecule has 0 saturated heterocycles. The molecule has 0 saturated carbocycles. The van der Waals surface area contributed by atoms with E-state index in [0.717, 1.165) is 46.2 Å². The number of anilines is 1. The number of rotatable bonds is 8. The Kier molecular flexibility index (Phi) is 6.69. The zero-order chi connectivity index (χ0) is 22.6. The minimum absolute atomic E-state index is 0.233. The van der Waals surface area contributed by atoms with Crippen molar-refractivity contribution in [2.75, 3.05) is 11.9 Å². The molecule has 0 fully saturated rings. The smallest absolute Gasteiger partial charge is 0.310 e. The largest absolute Gasteiger partial charge is 0.394 e. The Morgan fingerprint density at radius 1 is 1.12 bits per heavy atom. The van der Waals surface area contributed by atoms with Gasteiger partial charge in [-0.1, -0.05) is 30.6 Å². The Morgan fingerprint density at radius 2 is 2.00 bits per heavy atom. The molecule has 8 heteroatoms. The van der Waals surface area contributed by atoms with Gasteiger partial charge in [-0.15, -0.1) is 5.10 Å². The van der Waals surface area contributed by atoms with Gasteiger partial charge in [0.1, 0.15) is 6.61 Å². The first-order valence-corrected chi connectivity index (χ1v) is 15.0. The molecule has 0 spiro atoms. The maximum absolute atomic E-state index is 12.7. The van der Waals surface area contributed by atoms with Crippen LogP contribution in [0.15, 0.2) is 47.7 Å².